The van der Waals surface area contributed by atoms with E-state index in [4.69, 9.17) is 19.4 Å². The van der Waals surface area contributed by atoms with Crippen LogP contribution in [-0.4, -0.2) is 59.2 Å². The molecule has 2 aliphatic rings. The lowest BCUT2D eigenvalue weighted by Crippen LogP contribution is -2.41. The van der Waals surface area contributed by atoms with Crippen molar-refractivity contribution in [2.75, 3.05) is 19.7 Å². The summed E-state index contributed by atoms with van der Waals surface area (Å²) < 4.78 is 11.4. The number of amides is 1. The second-order valence-corrected chi connectivity index (χ2v) is 9.47. The summed E-state index contributed by atoms with van der Waals surface area (Å²) in [6.45, 7) is 7.75. The first-order valence-electron chi connectivity index (χ1n) is 11.4. The minimum Gasteiger partial charge on any atom is -0.494 e. The molecule has 0 aromatic heterocycles. The number of carbonyl (C=O) groups is 2. The Morgan fingerprint density at radius 2 is 1.84 bits per heavy atom. The number of hydrogen-bond acceptors (Lipinski definition) is 6. The first kappa shape index (κ1) is 23.9. The Balaban J connectivity index is 1.35. The van der Waals surface area contributed by atoms with Crippen molar-refractivity contribution in [3.8, 4) is 5.75 Å². The van der Waals surface area contributed by atoms with Gasteiger partial charge in [-0.3, -0.25) is 4.79 Å². The van der Waals surface area contributed by atoms with Gasteiger partial charge in [0.05, 0.1) is 12.3 Å². The molecule has 8 nitrogen and oxygen atoms in total. The highest BCUT2D eigenvalue weighted by Crippen LogP contribution is 2.24. The van der Waals surface area contributed by atoms with Gasteiger partial charge in [0, 0.05) is 25.9 Å². The van der Waals surface area contributed by atoms with Crippen LogP contribution in [0.2, 0.25) is 0 Å². The van der Waals surface area contributed by atoms with Gasteiger partial charge >= 0.3 is 12.1 Å². The molecule has 0 aliphatic carbocycles. The molecule has 0 saturated carbocycles. The number of piperidine rings is 1. The maximum absolute atomic E-state index is 12.2. The number of oxime groups is 1. The number of carboxylic acid groups (broad SMARTS) is 1. The van der Waals surface area contributed by atoms with Gasteiger partial charge in [0.2, 0.25) is 0 Å². The predicted octanol–water partition coefficient (Wildman–Crippen LogP) is 4.46. The fourth-order valence-electron chi connectivity index (χ4n) is 3.86. The smallest absolute Gasteiger partial charge is 0.410 e. The Morgan fingerprint density at radius 3 is 2.47 bits per heavy atom. The molecule has 1 fully saturated rings. The molecule has 0 spiro atoms. The van der Waals surface area contributed by atoms with Crippen molar-refractivity contribution in [2.24, 2.45) is 11.1 Å². The summed E-state index contributed by atoms with van der Waals surface area (Å²) in [5, 5.41) is 12.9. The molecule has 2 heterocycles. The lowest BCUT2D eigenvalue weighted by Gasteiger charge is -2.33. The molecule has 1 atom stereocenters. The maximum atomic E-state index is 12.2. The number of benzene rings is 1. The Morgan fingerprint density at radius 1 is 1.16 bits per heavy atom. The minimum absolute atomic E-state index is 0.0836. The van der Waals surface area contributed by atoms with Crippen molar-refractivity contribution in [1.82, 2.24) is 4.90 Å². The molecule has 1 saturated heterocycles. The molecule has 1 aromatic rings. The Bertz CT molecular complexity index is 807. The van der Waals surface area contributed by atoms with E-state index < -0.39 is 11.6 Å². The van der Waals surface area contributed by atoms with Crippen LogP contribution in [0.15, 0.2) is 29.4 Å². The molecule has 1 N–H and O–H groups in total. The maximum Gasteiger partial charge on any atom is 0.410 e. The van der Waals surface area contributed by atoms with E-state index >= 15 is 0 Å². The number of likely N-dealkylation sites (tertiary alicyclic amines) is 1. The van der Waals surface area contributed by atoms with Crippen molar-refractivity contribution >= 4 is 17.8 Å². The van der Waals surface area contributed by atoms with Crippen LogP contribution in [0, 0.1) is 5.92 Å². The van der Waals surface area contributed by atoms with Gasteiger partial charge in [-0.25, -0.2) is 4.79 Å². The second-order valence-electron chi connectivity index (χ2n) is 9.47. The molecule has 3 rings (SSSR count). The third-order valence-corrected chi connectivity index (χ3v) is 5.66. The number of rotatable bonds is 8. The molecule has 8 heteroatoms. The van der Waals surface area contributed by atoms with Crippen molar-refractivity contribution in [3.05, 3.63) is 29.8 Å². The summed E-state index contributed by atoms with van der Waals surface area (Å²) in [4.78, 5) is 30.0. The van der Waals surface area contributed by atoms with Gasteiger partial charge in [0.15, 0.2) is 0 Å². The third kappa shape index (κ3) is 7.43. The van der Waals surface area contributed by atoms with E-state index in [0.29, 0.717) is 25.4 Å². The van der Waals surface area contributed by atoms with Crippen molar-refractivity contribution in [2.45, 2.75) is 71.0 Å². The van der Waals surface area contributed by atoms with E-state index in [9.17, 15) is 9.59 Å². The highest BCUT2D eigenvalue weighted by molar-refractivity contribution is 6.01. The molecule has 32 heavy (non-hydrogen) atoms. The molecule has 1 aromatic carbocycles. The topological polar surface area (TPSA) is 97.7 Å². The van der Waals surface area contributed by atoms with Gasteiger partial charge in [0.1, 0.15) is 17.5 Å². The number of carbonyl (C=O) groups excluding carboxylic acids is 1. The quantitative estimate of drug-likeness (QED) is 0.633. The Labute approximate surface area is 189 Å². The van der Waals surface area contributed by atoms with Crippen LogP contribution in [-0.2, 0) is 14.4 Å². The third-order valence-electron chi connectivity index (χ3n) is 5.66. The average molecular weight is 447 g/mol. The van der Waals surface area contributed by atoms with Gasteiger partial charge < -0.3 is 24.3 Å². The highest BCUT2D eigenvalue weighted by Gasteiger charge is 2.27. The van der Waals surface area contributed by atoms with E-state index in [1.54, 1.807) is 4.90 Å². The largest absolute Gasteiger partial charge is 0.494 e. The van der Waals surface area contributed by atoms with Gasteiger partial charge in [-0.15, -0.1) is 0 Å². The van der Waals surface area contributed by atoms with Crippen LogP contribution in [0.25, 0.3) is 0 Å². The lowest BCUT2D eigenvalue weighted by molar-refractivity contribution is -0.137. The standard InChI is InChI=1S/C24H34N2O6/c1-24(2,3)31-23(29)26-13-10-17(11-14-26)12-15-30-19-6-4-18(5-7-19)21-16-20(32-25-21)8-9-22(27)28/h4-7,17,20H,8-16H2,1-3H3,(H,27,28). The molecule has 1 unspecified atom stereocenters. The number of hydrogen-bond donors (Lipinski definition) is 1. The summed E-state index contributed by atoms with van der Waals surface area (Å²) in [5.74, 6) is 0.528. The molecule has 0 radical (unpaired) electrons. The van der Waals surface area contributed by atoms with Crippen LogP contribution in [0.3, 0.4) is 0 Å². The van der Waals surface area contributed by atoms with Crippen LogP contribution in [0.1, 0.15) is 64.9 Å². The molecule has 0 bridgehead atoms. The normalized spacial score (nSPS) is 19.3. The van der Waals surface area contributed by atoms with Gasteiger partial charge in [-0.05, 0) is 82.2 Å². The van der Waals surface area contributed by atoms with Crippen molar-refractivity contribution in [1.29, 1.82) is 0 Å². The van der Waals surface area contributed by atoms with Crippen LogP contribution in [0.4, 0.5) is 4.79 Å². The number of ether oxygens (including phenoxy) is 2. The van der Waals surface area contributed by atoms with Gasteiger partial charge in [0.25, 0.3) is 0 Å². The SMILES string of the molecule is CC(C)(C)OC(=O)N1CCC(CCOc2ccc(C3=NOC(CCC(=O)O)C3)cc2)CC1. The first-order valence-corrected chi connectivity index (χ1v) is 11.4. The molecule has 1 amide bonds. The van der Waals surface area contributed by atoms with E-state index in [1.165, 1.54) is 0 Å². The molecular formula is C24H34N2O6. The molecule has 176 valence electrons. The zero-order valence-electron chi connectivity index (χ0n) is 19.2. The highest BCUT2D eigenvalue weighted by atomic mass is 16.6. The summed E-state index contributed by atoms with van der Waals surface area (Å²) in [6, 6.07) is 7.76. The first-order chi connectivity index (χ1) is 15.2. The zero-order valence-corrected chi connectivity index (χ0v) is 19.2. The number of aliphatic carboxylic acids is 1. The van der Waals surface area contributed by atoms with E-state index in [1.807, 2.05) is 45.0 Å². The lowest BCUT2D eigenvalue weighted by atomic mass is 9.94. The molecular weight excluding hydrogens is 412 g/mol. The zero-order chi connectivity index (χ0) is 23.1. The van der Waals surface area contributed by atoms with Crippen LogP contribution < -0.4 is 4.74 Å². The summed E-state index contributed by atoms with van der Waals surface area (Å²) in [6.07, 6.45) is 3.65. The second kappa shape index (κ2) is 10.7. The fourth-order valence-corrected chi connectivity index (χ4v) is 3.86. The Kier molecular flexibility index (Phi) is 7.99. The number of nitrogens with zero attached hydrogens (tertiary/aromatic N) is 2. The monoisotopic (exact) mass is 446 g/mol. The minimum atomic E-state index is -0.822. The Hall–Kier alpha value is -2.77. The summed E-state index contributed by atoms with van der Waals surface area (Å²) in [5.41, 5.74) is 1.34. The number of carboxylic acids is 1. The summed E-state index contributed by atoms with van der Waals surface area (Å²) in [7, 11) is 0. The van der Waals surface area contributed by atoms with Crippen LogP contribution >= 0.6 is 0 Å². The van der Waals surface area contributed by atoms with E-state index in [0.717, 1.165) is 49.4 Å². The predicted molar refractivity (Wildman–Crippen MR) is 120 cm³/mol. The average Bonchev–Trinajstić information content (AvgIpc) is 3.21. The molecule has 2 aliphatic heterocycles. The van der Waals surface area contributed by atoms with Crippen LogP contribution in [0.5, 0.6) is 5.75 Å². The van der Waals surface area contributed by atoms with Crippen molar-refractivity contribution < 1.29 is 29.0 Å². The van der Waals surface area contributed by atoms with Gasteiger partial charge in [-0.2, -0.15) is 0 Å². The van der Waals surface area contributed by atoms with E-state index in [2.05, 4.69) is 5.16 Å². The van der Waals surface area contributed by atoms with Crippen molar-refractivity contribution in [3.63, 3.8) is 0 Å². The fraction of sp³-hybridized carbons (Fsp3) is 0.625. The van der Waals surface area contributed by atoms with Gasteiger partial charge in [-0.1, -0.05) is 5.16 Å². The van der Waals surface area contributed by atoms with E-state index in [-0.39, 0.29) is 18.6 Å². The summed E-state index contributed by atoms with van der Waals surface area (Å²) >= 11 is 0.